The smallest absolute Gasteiger partial charge is 0.417 e. The Balaban J connectivity index is 1.40. The Morgan fingerprint density at radius 1 is 0.962 bits per heavy atom. The second kappa shape index (κ2) is 13.3. The van der Waals surface area contributed by atoms with Crippen LogP contribution in [0.15, 0.2) is 66.4 Å². The van der Waals surface area contributed by atoms with Crippen molar-refractivity contribution in [3.63, 3.8) is 0 Å². The molecule has 2 aromatic carbocycles. The minimum absolute atomic E-state index is 0.0361. The first-order valence-electron chi connectivity index (χ1n) is 16.4. The molecule has 17 heteroatoms. The van der Waals surface area contributed by atoms with Gasteiger partial charge in [0.1, 0.15) is 5.75 Å². The number of rotatable bonds is 8. The maximum Gasteiger partial charge on any atom is 0.417 e. The molecule has 2 aliphatic carbocycles. The molecule has 3 N–H and O–H groups in total. The van der Waals surface area contributed by atoms with E-state index in [9.17, 15) is 37.5 Å². The number of imide groups is 2. The molecule has 3 aromatic rings. The van der Waals surface area contributed by atoms with Crippen LogP contribution in [0.2, 0.25) is 15.1 Å². The van der Waals surface area contributed by atoms with Crippen molar-refractivity contribution >= 4 is 70.2 Å². The number of hydrogen-bond donors (Lipinski definition) is 3. The lowest BCUT2D eigenvalue weighted by Crippen LogP contribution is -2.53. The van der Waals surface area contributed by atoms with Gasteiger partial charge in [-0.2, -0.15) is 18.2 Å². The molecular weight excluding hydrogens is 764 g/mol. The summed E-state index contributed by atoms with van der Waals surface area (Å²) in [5.41, 5.74) is 0.797. The van der Waals surface area contributed by atoms with E-state index in [4.69, 9.17) is 39.9 Å². The summed E-state index contributed by atoms with van der Waals surface area (Å²) in [6.07, 6.45) is -2.72. The molecule has 53 heavy (non-hydrogen) atoms. The van der Waals surface area contributed by atoms with Crippen molar-refractivity contribution in [2.75, 3.05) is 12.0 Å². The number of likely N-dealkylation sites (tertiary alicyclic amines) is 1. The predicted molar refractivity (Wildman–Crippen MR) is 184 cm³/mol. The number of halogens is 6. The molecule has 0 bridgehead atoms. The summed E-state index contributed by atoms with van der Waals surface area (Å²) in [4.78, 5) is 73.6. The highest BCUT2D eigenvalue weighted by atomic mass is 35.5. The van der Waals surface area contributed by atoms with Gasteiger partial charge in [-0.1, -0.05) is 64.7 Å². The van der Waals surface area contributed by atoms with Crippen LogP contribution in [0.5, 0.6) is 5.75 Å². The fourth-order valence-corrected chi connectivity index (χ4v) is 9.17. The van der Waals surface area contributed by atoms with Crippen LogP contribution in [0.1, 0.15) is 48.3 Å². The van der Waals surface area contributed by atoms with Crippen LogP contribution in [0.4, 0.5) is 19.0 Å². The van der Waals surface area contributed by atoms with Gasteiger partial charge >= 0.3 is 12.1 Å². The molecule has 0 radical (unpaired) electrons. The topological polar surface area (TPSA) is 157 Å². The van der Waals surface area contributed by atoms with Gasteiger partial charge in [0.25, 0.3) is 11.8 Å². The molecule has 3 heterocycles. The van der Waals surface area contributed by atoms with Gasteiger partial charge in [-0.15, -0.1) is 0 Å². The van der Waals surface area contributed by atoms with Crippen LogP contribution < -0.4 is 5.43 Å². The molecule has 4 aliphatic rings. The standard InChI is InChI=1S/C36H28Cl3F3N4O7/c37-18-5-3-16(4-6-18)35-24(32(51)46(34(35)53)44-30-26(39)12-17(15-43-30)36(40,41)42)14-23-20(29(35)21-8-7-19(47)13-25(21)38)9-10-22-28(23)33(52)45(31(22)50)11-1-2-27(48)49/h3-9,12-13,15,22-24,28-29,47H,1-2,10-11,14H2,(H,43,44)(H,48,49). The monoisotopic (exact) mass is 790 g/mol. The number of carbonyl (C=O) groups excluding carboxylic acids is 4. The first kappa shape index (κ1) is 36.7. The minimum atomic E-state index is -4.77. The van der Waals surface area contributed by atoms with Gasteiger partial charge in [0.2, 0.25) is 11.8 Å². The number of aromatic hydroxyl groups is 1. The number of anilines is 1. The molecule has 7 rings (SSSR count). The van der Waals surface area contributed by atoms with Crippen molar-refractivity contribution in [1.29, 1.82) is 0 Å². The van der Waals surface area contributed by atoms with E-state index in [1.54, 1.807) is 18.2 Å². The van der Waals surface area contributed by atoms with Gasteiger partial charge in [0.15, 0.2) is 5.82 Å². The summed E-state index contributed by atoms with van der Waals surface area (Å²) in [6.45, 7) is -0.111. The molecule has 11 nitrogen and oxygen atoms in total. The number of amides is 4. The fraction of sp³-hybridized carbons (Fsp3) is 0.333. The Morgan fingerprint density at radius 3 is 2.32 bits per heavy atom. The maximum atomic E-state index is 15.2. The van der Waals surface area contributed by atoms with E-state index in [2.05, 4.69) is 10.4 Å². The van der Waals surface area contributed by atoms with E-state index in [1.165, 1.54) is 30.3 Å². The number of aromatic nitrogens is 1. The lowest BCUT2D eigenvalue weighted by atomic mass is 9.49. The zero-order valence-corrected chi connectivity index (χ0v) is 29.5. The Labute approximate surface area is 314 Å². The van der Waals surface area contributed by atoms with Gasteiger partial charge in [-0.25, -0.2) is 4.98 Å². The minimum Gasteiger partial charge on any atom is -0.508 e. The Kier molecular flexibility index (Phi) is 9.22. The number of hydrogen-bond acceptors (Lipinski definition) is 8. The van der Waals surface area contributed by atoms with Crippen LogP contribution in [0, 0.1) is 23.7 Å². The third-order valence-electron chi connectivity index (χ3n) is 10.7. The summed E-state index contributed by atoms with van der Waals surface area (Å²) >= 11 is 19.3. The average molecular weight is 792 g/mol. The van der Waals surface area contributed by atoms with Gasteiger partial charge in [0.05, 0.1) is 33.8 Å². The maximum absolute atomic E-state index is 15.2. The predicted octanol–water partition coefficient (Wildman–Crippen LogP) is 6.62. The first-order chi connectivity index (χ1) is 25.0. The summed E-state index contributed by atoms with van der Waals surface area (Å²) in [7, 11) is 0. The Hall–Kier alpha value is -4.66. The van der Waals surface area contributed by atoms with Crippen LogP contribution in [-0.2, 0) is 35.6 Å². The van der Waals surface area contributed by atoms with E-state index in [1.807, 2.05) is 0 Å². The number of nitrogens with one attached hydrogen (secondary N) is 1. The number of aliphatic carboxylic acids is 1. The number of carbonyl (C=O) groups is 5. The zero-order chi connectivity index (χ0) is 38.1. The number of carboxylic acids is 1. The number of pyridine rings is 1. The van der Waals surface area contributed by atoms with Crippen LogP contribution in [0.25, 0.3) is 0 Å². The molecule has 6 unspecified atom stereocenters. The third kappa shape index (κ3) is 5.91. The van der Waals surface area contributed by atoms with E-state index < -0.39 is 87.2 Å². The molecule has 276 valence electrons. The average Bonchev–Trinajstić information content (AvgIpc) is 3.46. The largest absolute Gasteiger partial charge is 0.508 e. The first-order valence-corrected chi connectivity index (χ1v) is 17.6. The summed E-state index contributed by atoms with van der Waals surface area (Å²) in [5.74, 6) is -9.17. The molecular formula is C36H28Cl3F3N4O7. The molecule has 1 saturated carbocycles. The van der Waals surface area contributed by atoms with E-state index >= 15 is 4.79 Å². The fourth-order valence-electron chi connectivity index (χ4n) is 8.55. The number of phenols is 1. The summed E-state index contributed by atoms with van der Waals surface area (Å²) in [5, 5.41) is 20.0. The van der Waals surface area contributed by atoms with E-state index in [0.717, 1.165) is 4.90 Å². The summed E-state index contributed by atoms with van der Waals surface area (Å²) < 4.78 is 40.2. The van der Waals surface area contributed by atoms with Crippen LogP contribution in [-0.4, -0.2) is 61.2 Å². The molecule has 4 amide bonds. The molecule has 0 spiro atoms. The van der Waals surface area contributed by atoms with Crippen molar-refractivity contribution in [3.8, 4) is 5.75 Å². The van der Waals surface area contributed by atoms with Crippen molar-refractivity contribution in [2.24, 2.45) is 23.7 Å². The number of phenolic OH excluding ortho intramolecular Hbond substituents is 1. The second-order valence-electron chi connectivity index (χ2n) is 13.4. The quantitative estimate of drug-likeness (QED) is 0.169. The number of alkyl halides is 3. The molecule has 1 aromatic heterocycles. The third-order valence-corrected chi connectivity index (χ3v) is 11.6. The van der Waals surface area contributed by atoms with Crippen LogP contribution >= 0.6 is 34.8 Å². The number of benzene rings is 2. The zero-order valence-electron chi connectivity index (χ0n) is 27.2. The van der Waals surface area contributed by atoms with E-state index in [-0.39, 0.29) is 43.0 Å². The number of carboxylic acid groups (broad SMARTS) is 1. The van der Waals surface area contributed by atoms with Crippen molar-refractivity contribution in [1.82, 2.24) is 14.9 Å². The lowest BCUT2D eigenvalue weighted by molar-refractivity contribution is -0.142. The van der Waals surface area contributed by atoms with Crippen molar-refractivity contribution in [2.45, 2.75) is 43.2 Å². The van der Waals surface area contributed by atoms with Crippen molar-refractivity contribution < 1.29 is 47.4 Å². The number of fused-ring (bicyclic) bond motifs is 4. The SMILES string of the molecule is O=C(O)CCCN1C(=O)C2CC=C3C(CC4C(=O)N(Nc5ncc(C(F)(F)F)cc5Cl)C(=O)C4(c4ccc(Cl)cc4)C3c3ccc(O)cc3Cl)C2C1=O. The molecule has 6 atom stereocenters. The van der Waals surface area contributed by atoms with Crippen molar-refractivity contribution in [3.05, 3.63) is 98.1 Å². The van der Waals surface area contributed by atoms with Gasteiger partial charge in [0, 0.05) is 35.1 Å². The van der Waals surface area contributed by atoms with Gasteiger partial charge in [-0.3, -0.25) is 34.3 Å². The second-order valence-corrected chi connectivity index (χ2v) is 14.7. The number of allylic oxidation sites excluding steroid dienone is 2. The molecule has 3 fully saturated rings. The Morgan fingerprint density at radius 2 is 1.68 bits per heavy atom. The highest BCUT2D eigenvalue weighted by molar-refractivity contribution is 6.33. The van der Waals surface area contributed by atoms with E-state index in [0.29, 0.717) is 39.0 Å². The summed E-state index contributed by atoms with van der Waals surface area (Å²) in [6, 6.07) is 11.0. The Bertz CT molecular complexity index is 2110. The number of hydrazine groups is 1. The van der Waals surface area contributed by atoms with Crippen LogP contribution in [0.3, 0.4) is 0 Å². The lowest BCUT2D eigenvalue weighted by Gasteiger charge is -2.50. The van der Waals surface area contributed by atoms with Gasteiger partial charge < -0.3 is 10.2 Å². The highest BCUT2D eigenvalue weighted by Crippen LogP contribution is 2.65. The molecule has 2 aliphatic heterocycles. The number of nitrogens with zero attached hydrogens (tertiary/aromatic N) is 3. The highest BCUT2D eigenvalue weighted by Gasteiger charge is 2.70. The van der Waals surface area contributed by atoms with Gasteiger partial charge in [-0.05, 0) is 66.6 Å². The normalized spacial score (nSPS) is 26.7. The molecule has 2 saturated heterocycles.